The van der Waals surface area contributed by atoms with E-state index in [1.165, 1.54) is 0 Å². The maximum Gasteiger partial charge on any atom is 0.310 e. The second kappa shape index (κ2) is 5.49. The quantitative estimate of drug-likeness (QED) is 0.748. The molecule has 0 saturated carbocycles. The van der Waals surface area contributed by atoms with Crippen LogP contribution in [-0.2, 0) is 16.0 Å². The van der Waals surface area contributed by atoms with E-state index in [0.717, 1.165) is 5.56 Å². The Hall–Kier alpha value is -1.82. The fourth-order valence-corrected chi connectivity index (χ4v) is 1.43. The number of carbonyl (C=O) groups is 1. The van der Waals surface area contributed by atoms with Crippen molar-refractivity contribution in [3.05, 3.63) is 35.9 Å². The highest BCUT2D eigenvalue weighted by atomic mass is 16.6. The van der Waals surface area contributed by atoms with E-state index in [2.05, 4.69) is 0 Å². The summed E-state index contributed by atoms with van der Waals surface area (Å²) in [7, 11) is 0. The van der Waals surface area contributed by atoms with Gasteiger partial charge in [-0.2, -0.15) is 5.26 Å². The summed E-state index contributed by atoms with van der Waals surface area (Å²) in [4.78, 5) is 11.7. The SMILES string of the molecule is CC(Cc1ccccc1)C(=O)OC(C)(C)C#N. The molecule has 1 aromatic carbocycles. The van der Waals surface area contributed by atoms with E-state index in [9.17, 15) is 4.79 Å². The molecule has 0 aliphatic carbocycles. The van der Waals surface area contributed by atoms with Crippen molar-refractivity contribution >= 4 is 5.97 Å². The van der Waals surface area contributed by atoms with Gasteiger partial charge < -0.3 is 4.74 Å². The Balaban J connectivity index is 2.57. The standard InChI is InChI=1S/C14H17NO2/c1-11(9-12-7-5-4-6-8-12)13(16)17-14(2,3)10-15/h4-8,11H,9H2,1-3H3. The van der Waals surface area contributed by atoms with Crippen LogP contribution in [0.1, 0.15) is 26.3 Å². The van der Waals surface area contributed by atoms with Crippen LogP contribution in [-0.4, -0.2) is 11.6 Å². The van der Waals surface area contributed by atoms with Gasteiger partial charge >= 0.3 is 5.97 Å². The second-order valence-electron chi connectivity index (χ2n) is 4.63. The van der Waals surface area contributed by atoms with Gasteiger partial charge in [-0.05, 0) is 25.8 Å². The zero-order valence-corrected chi connectivity index (χ0v) is 10.4. The van der Waals surface area contributed by atoms with Crippen LogP contribution in [0.3, 0.4) is 0 Å². The maximum absolute atomic E-state index is 11.7. The normalized spacial score (nSPS) is 12.6. The molecule has 90 valence electrons. The minimum atomic E-state index is -1.05. The van der Waals surface area contributed by atoms with Gasteiger partial charge in [0.05, 0.1) is 5.92 Å². The van der Waals surface area contributed by atoms with Gasteiger partial charge in [0.25, 0.3) is 0 Å². The smallest absolute Gasteiger partial charge is 0.310 e. The molecule has 1 atom stereocenters. The van der Waals surface area contributed by atoms with Crippen LogP contribution in [0.2, 0.25) is 0 Å². The van der Waals surface area contributed by atoms with Crippen molar-refractivity contribution in [3.63, 3.8) is 0 Å². The summed E-state index contributed by atoms with van der Waals surface area (Å²) < 4.78 is 5.12. The lowest BCUT2D eigenvalue weighted by Crippen LogP contribution is -2.29. The van der Waals surface area contributed by atoms with Crippen LogP contribution in [0.15, 0.2) is 30.3 Å². The Kier molecular flexibility index (Phi) is 4.28. The largest absolute Gasteiger partial charge is 0.444 e. The minimum Gasteiger partial charge on any atom is -0.444 e. The van der Waals surface area contributed by atoms with Gasteiger partial charge in [0.2, 0.25) is 0 Å². The highest BCUT2D eigenvalue weighted by Crippen LogP contribution is 2.14. The molecule has 0 N–H and O–H groups in total. The molecular formula is C14H17NO2. The van der Waals surface area contributed by atoms with E-state index < -0.39 is 5.60 Å². The van der Waals surface area contributed by atoms with Crippen molar-refractivity contribution in [1.82, 2.24) is 0 Å². The first-order valence-electron chi connectivity index (χ1n) is 5.62. The molecule has 1 aromatic rings. The van der Waals surface area contributed by atoms with Crippen LogP contribution in [0.4, 0.5) is 0 Å². The molecule has 0 bridgehead atoms. The van der Waals surface area contributed by atoms with Gasteiger partial charge in [-0.25, -0.2) is 0 Å². The monoisotopic (exact) mass is 231 g/mol. The van der Waals surface area contributed by atoms with Gasteiger partial charge in [0.1, 0.15) is 6.07 Å². The molecule has 3 nitrogen and oxygen atoms in total. The first-order valence-corrected chi connectivity index (χ1v) is 5.62. The molecule has 0 amide bonds. The average molecular weight is 231 g/mol. The number of carbonyl (C=O) groups excluding carboxylic acids is 1. The zero-order valence-electron chi connectivity index (χ0n) is 10.4. The average Bonchev–Trinajstić information content (AvgIpc) is 2.30. The molecule has 17 heavy (non-hydrogen) atoms. The zero-order chi connectivity index (χ0) is 12.9. The van der Waals surface area contributed by atoms with Gasteiger partial charge in [0, 0.05) is 0 Å². The van der Waals surface area contributed by atoms with Crippen LogP contribution in [0, 0.1) is 17.2 Å². The van der Waals surface area contributed by atoms with Gasteiger partial charge in [-0.1, -0.05) is 37.3 Å². The van der Waals surface area contributed by atoms with Crippen molar-refractivity contribution in [3.8, 4) is 6.07 Å². The second-order valence-corrected chi connectivity index (χ2v) is 4.63. The Morgan fingerprint density at radius 2 is 2.00 bits per heavy atom. The van der Waals surface area contributed by atoms with E-state index >= 15 is 0 Å². The lowest BCUT2D eigenvalue weighted by Gasteiger charge is -2.19. The molecule has 1 unspecified atom stereocenters. The molecule has 0 fully saturated rings. The van der Waals surface area contributed by atoms with Crippen molar-refractivity contribution in [2.24, 2.45) is 5.92 Å². The number of rotatable bonds is 4. The van der Waals surface area contributed by atoms with Gasteiger partial charge in [0.15, 0.2) is 5.60 Å². The minimum absolute atomic E-state index is 0.245. The van der Waals surface area contributed by atoms with E-state index in [1.54, 1.807) is 13.8 Å². The van der Waals surface area contributed by atoms with E-state index in [4.69, 9.17) is 10.00 Å². The van der Waals surface area contributed by atoms with Crippen LogP contribution < -0.4 is 0 Å². The molecule has 0 heterocycles. The summed E-state index contributed by atoms with van der Waals surface area (Å²) in [6.07, 6.45) is 0.626. The van der Waals surface area contributed by atoms with Crippen LogP contribution in [0.25, 0.3) is 0 Å². The topological polar surface area (TPSA) is 50.1 Å². The summed E-state index contributed by atoms with van der Waals surface area (Å²) in [6.45, 7) is 4.98. The third kappa shape index (κ3) is 4.28. The number of hydrogen-bond acceptors (Lipinski definition) is 3. The lowest BCUT2D eigenvalue weighted by atomic mass is 10.0. The summed E-state index contributed by atoms with van der Waals surface area (Å²) in [6, 6.07) is 11.7. The number of ether oxygens (including phenoxy) is 1. The molecule has 0 aliphatic heterocycles. The molecular weight excluding hydrogens is 214 g/mol. The lowest BCUT2D eigenvalue weighted by molar-refractivity contribution is -0.156. The fourth-order valence-electron chi connectivity index (χ4n) is 1.43. The number of benzene rings is 1. The van der Waals surface area contributed by atoms with E-state index in [-0.39, 0.29) is 11.9 Å². The predicted molar refractivity (Wildman–Crippen MR) is 65.1 cm³/mol. The first-order chi connectivity index (χ1) is 7.94. The highest BCUT2D eigenvalue weighted by molar-refractivity contribution is 5.73. The molecule has 0 aromatic heterocycles. The van der Waals surface area contributed by atoms with Crippen LogP contribution >= 0.6 is 0 Å². The van der Waals surface area contributed by atoms with E-state index in [1.807, 2.05) is 43.3 Å². The summed E-state index contributed by atoms with van der Waals surface area (Å²) in [5.74, 6) is -0.578. The van der Waals surface area contributed by atoms with Crippen molar-refractivity contribution in [2.45, 2.75) is 32.8 Å². The van der Waals surface area contributed by atoms with Gasteiger partial charge in [-0.15, -0.1) is 0 Å². The number of nitrogens with zero attached hydrogens (tertiary/aromatic N) is 1. The molecule has 0 aliphatic rings. The predicted octanol–water partition coefficient (Wildman–Crippen LogP) is 2.71. The number of esters is 1. The Morgan fingerprint density at radius 3 is 2.53 bits per heavy atom. The summed E-state index contributed by atoms with van der Waals surface area (Å²) in [5, 5.41) is 8.79. The van der Waals surface area contributed by atoms with E-state index in [0.29, 0.717) is 6.42 Å². The summed E-state index contributed by atoms with van der Waals surface area (Å²) in [5.41, 5.74) is 0.0360. The highest BCUT2D eigenvalue weighted by Gasteiger charge is 2.25. The number of hydrogen-bond donors (Lipinski definition) is 0. The third-order valence-corrected chi connectivity index (χ3v) is 2.41. The first kappa shape index (κ1) is 13.2. The Bertz CT molecular complexity index is 418. The van der Waals surface area contributed by atoms with Crippen LogP contribution in [0.5, 0.6) is 0 Å². The fraction of sp³-hybridized carbons (Fsp3) is 0.429. The van der Waals surface area contributed by atoms with Crippen molar-refractivity contribution in [1.29, 1.82) is 5.26 Å². The molecule has 1 rings (SSSR count). The third-order valence-electron chi connectivity index (χ3n) is 2.41. The molecule has 0 saturated heterocycles. The van der Waals surface area contributed by atoms with Crippen molar-refractivity contribution in [2.75, 3.05) is 0 Å². The van der Waals surface area contributed by atoms with Gasteiger partial charge in [-0.3, -0.25) is 4.79 Å². The summed E-state index contributed by atoms with van der Waals surface area (Å²) >= 11 is 0. The maximum atomic E-state index is 11.7. The molecule has 3 heteroatoms. The Labute approximate surface area is 102 Å². The Morgan fingerprint density at radius 1 is 1.41 bits per heavy atom. The van der Waals surface area contributed by atoms with Crippen molar-refractivity contribution < 1.29 is 9.53 Å². The number of nitriles is 1. The molecule has 0 radical (unpaired) electrons. The molecule has 0 spiro atoms.